The summed E-state index contributed by atoms with van der Waals surface area (Å²) in [6.45, 7) is 4.41. The maximum absolute atomic E-state index is 12.7. The molecule has 0 unspecified atom stereocenters. The predicted molar refractivity (Wildman–Crippen MR) is 109 cm³/mol. The number of carbonyl (C=O) groups excluding carboxylic acids is 1. The average molecular weight is 388 g/mol. The molecule has 7 nitrogen and oxygen atoms in total. The van der Waals surface area contributed by atoms with Crippen LogP contribution < -0.4 is 21.7 Å². The highest BCUT2D eigenvalue weighted by molar-refractivity contribution is 7.80. The van der Waals surface area contributed by atoms with Crippen LogP contribution >= 0.6 is 12.2 Å². The summed E-state index contributed by atoms with van der Waals surface area (Å²) in [7, 11) is 0. The molecule has 0 bridgehead atoms. The SMILES string of the molecule is CCn1nc(C(=O)NNC(=S)N[C@@H]2CCCC[C@@H]2C)c2ccccc2c1=O. The number of amides is 1. The summed E-state index contributed by atoms with van der Waals surface area (Å²) < 4.78 is 1.29. The third-order valence-electron chi connectivity index (χ3n) is 5.10. The molecular weight excluding hydrogens is 362 g/mol. The van der Waals surface area contributed by atoms with E-state index in [4.69, 9.17) is 12.2 Å². The number of carbonyl (C=O) groups is 1. The Labute approximate surface area is 163 Å². The summed E-state index contributed by atoms with van der Waals surface area (Å²) in [6.07, 6.45) is 4.69. The topological polar surface area (TPSA) is 88.1 Å². The van der Waals surface area contributed by atoms with Gasteiger partial charge in [0.15, 0.2) is 10.8 Å². The van der Waals surface area contributed by atoms with Crippen LogP contribution in [0.3, 0.4) is 0 Å². The Morgan fingerprint density at radius 3 is 2.63 bits per heavy atom. The number of hydrogen-bond donors (Lipinski definition) is 3. The summed E-state index contributed by atoms with van der Waals surface area (Å²) >= 11 is 5.31. The molecule has 1 heterocycles. The van der Waals surface area contributed by atoms with Gasteiger partial charge in [-0.05, 0) is 44.0 Å². The Kier molecular flexibility index (Phi) is 6.05. The number of nitrogens with zero attached hydrogens (tertiary/aromatic N) is 2. The molecule has 0 spiro atoms. The van der Waals surface area contributed by atoms with Gasteiger partial charge in [-0.15, -0.1) is 0 Å². The van der Waals surface area contributed by atoms with Gasteiger partial charge in [0.05, 0.1) is 5.39 Å². The number of thiocarbonyl (C=S) groups is 1. The van der Waals surface area contributed by atoms with E-state index in [-0.39, 0.29) is 11.3 Å². The zero-order chi connectivity index (χ0) is 19.4. The predicted octanol–water partition coefficient (Wildman–Crippen LogP) is 2.10. The molecule has 1 amide bonds. The summed E-state index contributed by atoms with van der Waals surface area (Å²) in [5.74, 6) is 0.113. The van der Waals surface area contributed by atoms with Gasteiger partial charge in [0.25, 0.3) is 11.5 Å². The van der Waals surface area contributed by atoms with E-state index in [9.17, 15) is 9.59 Å². The Hall–Kier alpha value is -2.48. The Bertz CT molecular complexity index is 911. The minimum Gasteiger partial charge on any atom is -0.358 e. The van der Waals surface area contributed by atoms with Gasteiger partial charge in [-0.2, -0.15) is 5.10 Å². The highest BCUT2D eigenvalue weighted by Crippen LogP contribution is 2.23. The van der Waals surface area contributed by atoms with Gasteiger partial charge in [-0.1, -0.05) is 38.0 Å². The zero-order valence-electron chi connectivity index (χ0n) is 15.6. The molecule has 1 aromatic carbocycles. The molecule has 2 aromatic rings. The van der Waals surface area contributed by atoms with E-state index in [1.807, 2.05) is 6.92 Å². The number of rotatable bonds is 3. The van der Waals surface area contributed by atoms with Crippen molar-refractivity contribution in [1.29, 1.82) is 0 Å². The molecule has 3 rings (SSSR count). The van der Waals surface area contributed by atoms with E-state index >= 15 is 0 Å². The van der Waals surface area contributed by atoms with Crippen molar-refractivity contribution in [2.75, 3.05) is 0 Å². The van der Waals surface area contributed by atoms with Crippen LogP contribution in [-0.2, 0) is 6.54 Å². The molecule has 1 saturated carbocycles. The van der Waals surface area contributed by atoms with Crippen LogP contribution in [0.1, 0.15) is 50.0 Å². The molecule has 27 heavy (non-hydrogen) atoms. The van der Waals surface area contributed by atoms with E-state index in [1.165, 1.54) is 23.9 Å². The van der Waals surface area contributed by atoms with Gasteiger partial charge in [-0.25, -0.2) is 4.68 Å². The molecule has 144 valence electrons. The molecule has 1 aliphatic carbocycles. The molecule has 0 saturated heterocycles. The van der Waals surface area contributed by atoms with Crippen LogP contribution in [0, 0.1) is 5.92 Å². The number of aryl methyl sites for hydroxylation is 1. The van der Waals surface area contributed by atoms with Crippen LogP contribution in [-0.4, -0.2) is 26.8 Å². The van der Waals surface area contributed by atoms with Crippen molar-refractivity contribution >= 4 is 34.0 Å². The first kappa shape index (κ1) is 19.3. The van der Waals surface area contributed by atoms with E-state index < -0.39 is 5.91 Å². The van der Waals surface area contributed by atoms with Crippen molar-refractivity contribution in [3.63, 3.8) is 0 Å². The van der Waals surface area contributed by atoms with E-state index in [0.717, 1.165) is 6.42 Å². The fourth-order valence-electron chi connectivity index (χ4n) is 3.53. The lowest BCUT2D eigenvalue weighted by atomic mass is 9.86. The van der Waals surface area contributed by atoms with Crippen molar-refractivity contribution < 1.29 is 4.79 Å². The van der Waals surface area contributed by atoms with Crippen molar-refractivity contribution in [2.24, 2.45) is 5.92 Å². The van der Waals surface area contributed by atoms with Crippen LogP contribution in [0.15, 0.2) is 29.1 Å². The number of benzene rings is 1. The van der Waals surface area contributed by atoms with Crippen LogP contribution in [0.4, 0.5) is 0 Å². The van der Waals surface area contributed by atoms with Crippen LogP contribution in [0.5, 0.6) is 0 Å². The maximum atomic E-state index is 12.7. The third kappa shape index (κ3) is 4.27. The van der Waals surface area contributed by atoms with Crippen molar-refractivity contribution in [1.82, 2.24) is 25.9 Å². The smallest absolute Gasteiger partial charge is 0.290 e. The van der Waals surface area contributed by atoms with Crippen LogP contribution in [0.2, 0.25) is 0 Å². The monoisotopic (exact) mass is 387 g/mol. The lowest BCUT2D eigenvalue weighted by Crippen LogP contribution is -2.51. The van der Waals surface area contributed by atoms with Gasteiger partial charge < -0.3 is 5.32 Å². The second-order valence-corrected chi connectivity index (χ2v) is 7.34. The maximum Gasteiger partial charge on any atom is 0.290 e. The minimum atomic E-state index is -0.436. The van der Waals surface area contributed by atoms with Crippen molar-refractivity contribution in [3.05, 3.63) is 40.3 Å². The lowest BCUT2D eigenvalue weighted by molar-refractivity contribution is 0.0938. The van der Waals surface area contributed by atoms with Gasteiger partial charge >= 0.3 is 0 Å². The molecule has 3 N–H and O–H groups in total. The first-order valence-corrected chi connectivity index (χ1v) is 9.78. The van der Waals surface area contributed by atoms with Gasteiger partial charge in [-0.3, -0.25) is 20.4 Å². The molecular formula is C19H25N5O2S. The summed E-state index contributed by atoms with van der Waals surface area (Å²) in [5, 5.41) is 8.86. The number of hydrogen-bond acceptors (Lipinski definition) is 4. The quantitative estimate of drug-likeness (QED) is 0.552. The zero-order valence-corrected chi connectivity index (χ0v) is 16.4. The molecule has 1 fully saturated rings. The van der Waals surface area contributed by atoms with Gasteiger partial charge in [0.2, 0.25) is 0 Å². The fraction of sp³-hybridized carbons (Fsp3) is 0.474. The number of nitrogens with one attached hydrogen (secondary N) is 3. The average Bonchev–Trinajstić information content (AvgIpc) is 2.68. The van der Waals surface area contributed by atoms with Crippen molar-refractivity contribution in [3.8, 4) is 0 Å². The lowest BCUT2D eigenvalue weighted by Gasteiger charge is -2.30. The summed E-state index contributed by atoms with van der Waals surface area (Å²) in [4.78, 5) is 25.0. The number of hydrazine groups is 1. The fourth-order valence-corrected chi connectivity index (χ4v) is 3.73. The van der Waals surface area contributed by atoms with Gasteiger partial charge in [0, 0.05) is 18.0 Å². The highest BCUT2D eigenvalue weighted by Gasteiger charge is 2.22. The number of fused-ring (bicyclic) bond motifs is 1. The third-order valence-corrected chi connectivity index (χ3v) is 5.32. The van der Waals surface area contributed by atoms with E-state index in [1.54, 1.807) is 24.3 Å². The molecule has 0 aliphatic heterocycles. The van der Waals surface area contributed by atoms with E-state index in [2.05, 4.69) is 28.2 Å². The minimum absolute atomic E-state index is 0.188. The molecule has 1 aromatic heterocycles. The second-order valence-electron chi connectivity index (χ2n) is 6.94. The summed E-state index contributed by atoms with van der Waals surface area (Å²) in [6, 6.07) is 7.29. The number of aromatic nitrogens is 2. The Balaban J connectivity index is 1.72. The van der Waals surface area contributed by atoms with E-state index in [0.29, 0.717) is 34.4 Å². The standard InChI is InChI=1S/C19H25N5O2S/c1-3-24-18(26)14-10-6-5-9-13(14)16(23-24)17(25)21-22-19(27)20-15-11-7-4-8-12(15)2/h5-6,9-10,12,15H,3-4,7-8,11H2,1-2H3,(H,21,25)(H2,20,22,27)/t12-,15+/m0/s1. The first-order valence-electron chi connectivity index (χ1n) is 9.38. The molecule has 2 atom stereocenters. The molecule has 1 aliphatic rings. The Morgan fingerprint density at radius 1 is 1.22 bits per heavy atom. The van der Waals surface area contributed by atoms with Crippen LogP contribution in [0.25, 0.3) is 10.8 Å². The van der Waals surface area contributed by atoms with Crippen molar-refractivity contribution in [2.45, 2.75) is 52.1 Å². The van der Waals surface area contributed by atoms with Gasteiger partial charge in [0.1, 0.15) is 0 Å². The largest absolute Gasteiger partial charge is 0.358 e. The normalized spacial score (nSPS) is 19.5. The molecule has 0 radical (unpaired) electrons. The highest BCUT2D eigenvalue weighted by atomic mass is 32.1. The Morgan fingerprint density at radius 2 is 1.93 bits per heavy atom. The molecule has 8 heteroatoms. The second kappa shape index (κ2) is 8.47. The summed E-state index contributed by atoms with van der Waals surface area (Å²) in [5.41, 5.74) is 5.34. The first-order chi connectivity index (χ1) is 13.0.